The molecule has 1 aromatic carbocycles. The van der Waals surface area contributed by atoms with E-state index in [2.05, 4.69) is 12.6 Å². The molecule has 0 atom stereocenters. The minimum absolute atomic E-state index is 0.112. The fourth-order valence-electron chi connectivity index (χ4n) is 0.994. The van der Waals surface area contributed by atoms with Crippen molar-refractivity contribution in [1.29, 1.82) is 0 Å². The van der Waals surface area contributed by atoms with Crippen molar-refractivity contribution < 1.29 is 5.11 Å². The fraction of sp³-hybridized carbons (Fsp3) is 0.333. The molecule has 1 nitrogen and oxygen atoms in total. The van der Waals surface area contributed by atoms with Crippen LogP contribution in [0.15, 0.2) is 18.2 Å². The van der Waals surface area contributed by atoms with Crippen LogP contribution in [0.5, 0.6) is 0 Å². The lowest BCUT2D eigenvalue weighted by Crippen LogP contribution is -1.89. The Bertz CT molecular complexity index is 245. The predicted octanol–water partition coefficient (Wildman–Crippen LogP) is 1.92. The number of thiol groups is 1. The predicted molar refractivity (Wildman–Crippen MR) is 49.8 cm³/mol. The summed E-state index contributed by atoms with van der Waals surface area (Å²) in [4.78, 5) is 0. The summed E-state index contributed by atoms with van der Waals surface area (Å²) in [5, 5.41) is 8.82. The first-order valence-corrected chi connectivity index (χ1v) is 4.21. The first-order chi connectivity index (χ1) is 5.27. The molecule has 60 valence electrons. The van der Waals surface area contributed by atoms with E-state index in [4.69, 9.17) is 5.11 Å². The fourth-order valence-corrected chi connectivity index (χ4v) is 1.33. The van der Waals surface area contributed by atoms with Crippen molar-refractivity contribution in [3.63, 3.8) is 0 Å². The Morgan fingerprint density at radius 2 is 2.18 bits per heavy atom. The summed E-state index contributed by atoms with van der Waals surface area (Å²) in [5.74, 6) is 0.736. The standard InChI is InChI=1S/C9H12OS/c1-7-2-3-8(5-10)4-9(7)6-11/h2-4,10-11H,5-6H2,1H3. The average Bonchev–Trinajstić information content (AvgIpc) is 2.05. The van der Waals surface area contributed by atoms with Crippen LogP contribution in [0.4, 0.5) is 0 Å². The second-order valence-electron chi connectivity index (χ2n) is 2.58. The topological polar surface area (TPSA) is 20.2 Å². The summed E-state index contributed by atoms with van der Waals surface area (Å²) in [6.45, 7) is 2.16. The maximum atomic E-state index is 8.82. The van der Waals surface area contributed by atoms with Gasteiger partial charge in [-0.3, -0.25) is 0 Å². The third-order valence-corrected chi connectivity index (χ3v) is 2.11. The molecule has 0 heterocycles. The number of hydrogen-bond acceptors (Lipinski definition) is 2. The Hall–Kier alpha value is -0.470. The van der Waals surface area contributed by atoms with Gasteiger partial charge in [-0.1, -0.05) is 18.2 Å². The van der Waals surface area contributed by atoms with Gasteiger partial charge in [-0.2, -0.15) is 12.6 Å². The van der Waals surface area contributed by atoms with Crippen LogP contribution in [-0.2, 0) is 12.4 Å². The van der Waals surface area contributed by atoms with Crippen molar-refractivity contribution in [3.05, 3.63) is 34.9 Å². The summed E-state index contributed by atoms with van der Waals surface area (Å²) in [6.07, 6.45) is 0. The molecule has 1 N–H and O–H groups in total. The molecule has 0 saturated carbocycles. The highest BCUT2D eigenvalue weighted by molar-refractivity contribution is 7.79. The maximum Gasteiger partial charge on any atom is 0.0681 e. The largest absolute Gasteiger partial charge is 0.392 e. The Kier molecular flexibility index (Phi) is 2.97. The van der Waals surface area contributed by atoms with Gasteiger partial charge in [0.2, 0.25) is 0 Å². The molecule has 0 fully saturated rings. The zero-order valence-electron chi connectivity index (χ0n) is 6.54. The highest BCUT2D eigenvalue weighted by Crippen LogP contribution is 2.12. The number of rotatable bonds is 2. The molecule has 0 aliphatic carbocycles. The van der Waals surface area contributed by atoms with E-state index in [0.717, 1.165) is 11.3 Å². The van der Waals surface area contributed by atoms with Gasteiger partial charge >= 0.3 is 0 Å². The minimum Gasteiger partial charge on any atom is -0.392 e. The quantitative estimate of drug-likeness (QED) is 0.646. The van der Waals surface area contributed by atoms with Gasteiger partial charge in [0.1, 0.15) is 0 Å². The van der Waals surface area contributed by atoms with Crippen LogP contribution in [-0.4, -0.2) is 5.11 Å². The lowest BCUT2D eigenvalue weighted by atomic mass is 10.1. The van der Waals surface area contributed by atoms with E-state index in [1.807, 2.05) is 25.1 Å². The van der Waals surface area contributed by atoms with E-state index in [1.54, 1.807) is 0 Å². The molecule has 1 rings (SSSR count). The van der Waals surface area contributed by atoms with Crippen molar-refractivity contribution in [3.8, 4) is 0 Å². The molecule has 0 saturated heterocycles. The van der Waals surface area contributed by atoms with E-state index in [0.29, 0.717) is 0 Å². The summed E-state index contributed by atoms with van der Waals surface area (Å²) in [7, 11) is 0. The van der Waals surface area contributed by atoms with E-state index in [-0.39, 0.29) is 6.61 Å². The van der Waals surface area contributed by atoms with Crippen LogP contribution in [0.3, 0.4) is 0 Å². The van der Waals surface area contributed by atoms with Crippen LogP contribution in [0.25, 0.3) is 0 Å². The molecule has 0 amide bonds. The highest BCUT2D eigenvalue weighted by atomic mass is 32.1. The zero-order valence-corrected chi connectivity index (χ0v) is 7.44. The van der Waals surface area contributed by atoms with Crippen LogP contribution >= 0.6 is 12.6 Å². The van der Waals surface area contributed by atoms with Crippen molar-refractivity contribution in [2.75, 3.05) is 0 Å². The van der Waals surface area contributed by atoms with Gasteiger partial charge in [0.25, 0.3) is 0 Å². The lowest BCUT2D eigenvalue weighted by molar-refractivity contribution is 0.281. The third-order valence-electron chi connectivity index (χ3n) is 1.77. The van der Waals surface area contributed by atoms with Gasteiger partial charge in [0, 0.05) is 5.75 Å². The number of aryl methyl sites for hydroxylation is 1. The number of aliphatic hydroxyl groups excluding tert-OH is 1. The molecule has 0 aliphatic heterocycles. The smallest absolute Gasteiger partial charge is 0.0681 e. The van der Waals surface area contributed by atoms with Gasteiger partial charge in [-0.15, -0.1) is 0 Å². The first-order valence-electron chi connectivity index (χ1n) is 3.58. The molecular formula is C9H12OS. The van der Waals surface area contributed by atoms with Crippen molar-refractivity contribution in [2.45, 2.75) is 19.3 Å². The van der Waals surface area contributed by atoms with Crippen LogP contribution in [0.1, 0.15) is 16.7 Å². The van der Waals surface area contributed by atoms with Gasteiger partial charge in [-0.05, 0) is 23.6 Å². The van der Waals surface area contributed by atoms with Crippen molar-refractivity contribution >= 4 is 12.6 Å². The molecule has 0 spiro atoms. The molecule has 2 heteroatoms. The second kappa shape index (κ2) is 3.79. The van der Waals surface area contributed by atoms with E-state index >= 15 is 0 Å². The Morgan fingerprint density at radius 3 is 2.73 bits per heavy atom. The molecule has 0 radical (unpaired) electrons. The average molecular weight is 168 g/mol. The number of hydrogen-bond donors (Lipinski definition) is 2. The first kappa shape index (κ1) is 8.62. The lowest BCUT2D eigenvalue weighted by Gasteiger charge is -2.03. The maximum absolute atomic E-state index is 8.82. The molecule has 0 unspecified atom stereocenters. The summed E-state index contributed by atoms with van der Waals surface area (Å²) < 4.78 is 0. The zero-order chi connectivity index (χ0) is 8.27. The minimum atomic E-state index is 0.112. The van der Waals surface area contributed by atoms with Gasteiger partial charge in [0.15, 0.2) is 0 Å². The van der Waals surface area contributed by atoms with Crippen LogP contribution < -0.4 is 0 Å². The SMILES string of the molecule is Cc1ccc(CO)cc1CS. The van der Waals surface area contributed by atoms with E-state index in [9.17, 15) is 0 Å². The third kappa shape index (κ3) is 1.98. The van der Waals surface area contributed by atoms with Crippen molar-refractivity contribution in [1.82, 2.24) is 0 Å². The number of aliphatic hydroxyl groups is 1. The normalized spacial score (nSPS) is 10.1. The summed E-state index contributed by atoms with van der Waals surface area (Å²) in [5.41, 5.74) is 3.39. The van der Waals surface area contributed by atoms with Crippen LogP contribution in [0, 0.1) is 6.92 Å². The molecule has 1 aromatic rings. The van der Waals surface area contributed by atoms with E-state index < -0.39 is 0 Å². The highest BCUT2D eigenvalue weighted by Gasteiger charge is 1.96. The van der Waals surface area contributed by atoms with Crippen LogP contribution in [0.2, 0.25) is 0 Å². The van der Waals surface area contributed by atoms with Gasteiger partial charge in [-0.25, -0.2) is 0 Å². The van der Waals surface area contributed by atoms with Gasteiger partial charge < -0.3 is 5.11 Å². The molecule has 0 bridgehead atoms. The molecule has 0 aromatic heterocycles. The Labute approximate surface area is 72.5 Å². The number of benzene rings is 1. The summed E-state index contributed by atoms with van der Waals surface area (Å²) in [6, 6.07) is 5.93. The van der Waals surface area contributed by atoms with Gasteiger partial charge in [0.05, 0.1) is 6.61 Å². The molecule has 0 aliphatic rings. The second-order valence-corrected chi connectivity index (χ2v) is 2.89. The molecule has 11 heavy (non-hydrogen) atoms. The monoisotopic (exact) mass is 168 g/mol. The van der Waals surface area contributed by atoms with E-state index in [1.165, 1.54) is 11.1 Å². The molecular weight excluding hydrogens is 156 g/mol. The Morgan fingerprint density at radius 1 is 1.45 bits per heavy atom. The Balaban J connectivity index is 3.02. The van der Waals surface area contributed by atoms with Crippen molar-refractivity contribution in [2.24, 2.45) is 0 Å². The summed E-state index contributed by atoms with van der Waals surface area (Å²) >= 11 is 4.18.